The molecule has 0 aliphatic carbocycles. The van der Waals surface area contributed by atoms with E-state index in [0.717, 1.165) is 17.7 Å². The van der Waals surface area contributed by atoms with Gasteiger partial charge in [0, 0.05) is 16.1 Å². The molecule has 0 radical (unpaired) electrons. The molecule has 4 aromatic rings. The Labute approximate surface area is 177 Å². The number of nitrogens with zero attached hydrogens (tertiary/aromatic N) is 3. The molecule has 7 heteroatoms. The third-order valence-electron chi connectivity index (χ3n) is 4.29. The van der Waals surface area contributed by atoms with Crippen LogP contribution in [0.25, 0.3) is 16.9 Å². The Bertz CT molecular complexity index is 1140. The standard InChI is InChI=1S/C23H17ClFN3O2/c24-19-12-10-17(11-13-19)23-22(14-28(27-23)20-7-2-1-3-8-20)29-16-26-30-15-18-6-4-5-9-21(18)25/h1-14,16H,15H2. The molecule has 0 N–H and O–H groups in total. The summed E-state index contributed by atoms with van der Waals surface area (Å²) >= 11 is 6.00. The normalized spacial score (nSPS) is 11.0. The highest BCUT2D eigenvalue weighted by Crippen LogP contribution is 2.30. The van der Waals surface area contributed by atoms with Gasteiger partial charge < -0.3 is 9.57 Å². The van der Waals surface area contributed by atoms with Crippen molar-refractivity contribution in [2.45, 2.75) is 6.61 Å². The predicted octanol–water partition coefficient (Wildman–Crippen LogP) is 5.87. The third kappa shape index (κ3) is 4.67. The Balaban J connectivity index is 1.53. The van der Waals surface area contributed by atoms with E-state index in [2.05, 4.69) is 10.3 Å². The van der Waals surface area contributed by atoms with Gasteiger partial charge in [-0.2, -0.15) is 5.10 Å². The van der Waals surface area contributed by atoms with Crippen molar-refractivity contribution in [3.8, 4) is 22.7 Å². The van der Waals surface area contributed by atoms with Crippen LogP contribution in [0.2, 0.25) is 5.02 Å². The molecule has 0 aliphatic rings. The molecule has 1 aromatic heterocycles. The van der Waals surface area contributed by atoms with Crippen LogP contribution in [-0.4, -0.2) is 16.2 Å². The van der Waals surface area contributed by atoms with Crippen LogP contribution in [0.5, 0.6) is 5.75 Å². The summed E-state index contributed by atoms with van der Waals surface area (Å²) in [5.41, 5.74) is 2.75. The molecule has 5 nitrogen and oxygen atoms in total. The number of oxime groups is 1. The van der Waals surface area contributed by atoms with Gasteiger partial charge in [-0.05, 0) is 30.3 Å². The highest BCUT2D eigenvalue weighted by Gasteiger charge is 2.13. The molecular formula is C23H17ClFN3O2. The average Bonchev–Trinajstić information content (AvgIpc) is 3.20. The topological polar surface area (TPSA) is 48.6 Å². The highest BCUT2D eigenvalue weighted by molar-refractivity contribution is 6.30. The Morgan fingerprint density at radius 3 is 2.47 bits per heavy atom. The number of ether oxygens (including phenoxy) is 1. The van der Waals surface area contributed by atoms with Gasteiger partial charge in [0.2, 0.25) is 6.40 Å². The first-order chi connectivity index (χ1) is 14.7. The Morgan fingerprint density at radius 1 is 0.967 bits per heavy atom. The summed E-state index contributed by atoms with van der Waals surface area (Å²) in [6, 6.07) is 23.3. The number of halogens is 2. The van der Waals surface area contributed by atoms with Crippen LogP contribution in [0.4, 0.5) is 4.39 Å². The van der Waals surface area contributed by atoms with E-state index in [4.69, 9.17) is 21.2 Å². The molecular weight excluding hydrogens is 405 g/mol. The summed E-state index contributed by atoms with van der Waals surface area (Å²) in [5.74, 6) is 0.141. The first-order valence-corrected chi connectivity index (χ1v) is 9.53. The molecule has 0 fully saturated rings. The molecule has 0 aliphatic heterocycles. The molecule has 0 bridgehead atoms. The van der Waals surface area contributed by atoms with Gasteiger partial charge >= 0.3 is 0 Å². The third-order valence-corrected chi connectivity index (χ3v) is 4.55. The number of hydrogen-bond acceptors (Lipinski definition) is 4. The van der Waals surface area contributed by atoms with E-state index >= 15 is 0 Å². The van der Waals surface area contributed by atoms with Gasteiger partial charge in [0.15, 0.2) is 5.75 Å². The van der Waals surface area contributed by atoms with Crippen molar-refractivity contribution < 1.29 is 14.0 Å². The summed E-state index contributed by atoms with van der Waals surface area (Å²) in [6.07, 6.45) is 2.91. The lowest BCUT2D eigenvalue weighted by atomic mass is 10.1. The van der Waals surface area contributed by atoms with E-state index in [0.29, 0.717) is 22.0 Å². The first-order valence-electron chi connectivity index (χ1n) is 9.15. The van der Waals surface area contributed by atoms with E-state index in [1.165, 1.54) is 6.07 Å². The molecule has 1 heterocycles. The lowest BCUT2D eigenvalue weighted by Crippen LogP contribution is -1.95. The molecule has 4 rings (SSSR count). The lowest BCUT2D eigenvalue weighted by molar-refractivity contribution is 0.125. The minimum Gasteiger partial charge on any atom is -0.438 e. The van der Waals surface area contributed by atoms with Crippen LogP contribution in [0.1, 0.15) is 5.56 Å². The molecule has 0 amide bonds. The van der Waals surface area contributed by atoms with Crippen molar-refractivity contribution in [2.24, 2.45) is 5.16 Å². The second-order valence-corrected chi connectivity index (χ2v) is 6.76. The maximum absolute atomic E-state index is 13.6. The van der Waals surface area contributed by atoms with E-state index in [9.17, 15) is 4.39 Å². The summed E-state index contributed by atoms with van der Waals surface area (Å²) in [5, 5.41) is 9.03. The van der Waals surface area contributed by atoms with Crippen molar-refractivity contribution in [2.75, 3.05) is 0 Å². The number of benzene rings is 3. The molecule has 0 unspecified atom stereocenters. The zero-order valence-electron chi connectivity index (χ0n) is 15.8. The minimum absolute atomic E-state index is 0.000147. The van der Waals surface area contributed by atoms with E-state index in [1.54, 1.807) is 41.2 Å². The Kier molecular flexibility index (Phi) is 6.06. The van der Waals surface area contributed by atoms with Crippen molar-refractivity contribution in [3.63, 3.8) is 0 Å². The lowest BCUT2D eigenvalue weighted by Gasteiger charge is -2.02. The van der Waals surface area contributed by atoms with Crippen LogP contribution in [-0.2, 0) is 11.4 Å². The predicted molar refractivity (Wildman–Crippen MR) is 114 cm³/mol. The van der Waals surface area contributed by atoms with Gasteiger partial charge in [-0.25, -0.2) is 9.07 Å². The van der Waals surface area contributed by atoms with Gasteiger partial charge in [-0.15, -0.1) is 0 Å². The van der Waals surface area contributed by atoms with Crippen LogP contribution in [0.3, 0.4) is 0 Å². The zero-order chi connectivity index (χ0) is 20.8. The SMILES string of the molecule is Fc1ccccc1CON=COc1cn(-c2ccccc2)nc1-c1ccc(Cl)cc1. The van der Waals surface area contributed by atoms with Crippen LogP contribution >= 0.6 is 11.6 Å². The van der Waals surface area contributed by atoms with Gasteiger partial charge in [0.05, 0.1) is 11.9 Å². The number of aromatic nitrogens is 2. The summed E-state index contributed by atoms with van der Waals surface area (Å²) in [4.78, 5) is 5.13. The van der Waals surface area contributed by atoms with Gasteiger partial charge in [-0.1, -0.05) is 65.3 Å². The van der Waals surface area contributed by atoms with Crippen LogP contribution < -0.4 is 4.74 Å². The summed E-state index contributed by atoms with van der Waals surface area (Å²) < 4.78 is 21.0. The van der Waals surface area contributed by atoms with Gasteiger partial charge in [-0.3, -0.25) is 0 Å². The number of rotatable bonds is 7. The van der Waals surface area contributed by atoms with Crippen molar-refractivity contribution in [1.82, 2.24) is 9.78 Å². The number of hydrogen-bond donors (Lipinski definition) is 0. The highest BCUT2D eigenvalue weighted by atomic mass is 35.5. The van der Waals surface area contributed by atoms with E-state index in [-0.39, 0.29) is 12.4 Å². The average molecular weight is 422 g/mol. The fraction of sp³-hybridized carbons (Fsp3) is 0.0435. The first kappa shape index (κ1) is 19.7. The Hall–Kier alpha value is -3.64. The molecule has 0 saturated heterocycles. The second kappa shape index (κ2) is 9.24. The van der Waals surface area contributed by atoms with E-state index < -0.39 is 0 Å². The molecule has 30 heavy (non-hydrogen) atoms. The fourth-order valence-corrected chi connectivity index (χ4v) is 2.92. The maximum Gasteiger partial charge on any atom is 0.218 e. The smallest absolute Gasteiger partial charge is 0.218 e. The molecule has 0 atom stereocenters. The molecule has 3 aromatic carbocycles. The second-order valence-electron chi connectivity index (χ2n) is 6.32. The molecule has 0 spiro atoms. The molecule has 150 valence electrons. The minimum atomic E-state index is -0.345. The van der Waals surface area contributed by atoms with Crippen LogP contribution in [0, 0.1) is 5.82 Å². The van der Waals surface area contributed by atoms with E-state index in [1.807, 2.05) is 42.5 Å². The van der Waals surface area contributed by atoms with Crippen molar-refractivity contribution in [3.05, 3.63) is 101 Å². The summed E-state index contributed by atoms with van der Waals surface area (Å²) in [7, 11) is 0. The molecule has 0 saturated carbocycles. The quantitative estimate of drug-likeness (QED) is 0.213. The number of para-hydroxylation sites is 1. The zero-order valence-corrected chi connectivity index (χ0v) is 16.5. The van der Waals surface area contributed by atoms with Crippen molar-refractivity contribution >= 4 is 18.0 Å². The Morgan fingerprint density at radius 2 is 1.70 bits per heavy atom. The summed E-state index contributed by atoms with van der Waals surface area (Å²) in [6.45, 7) is -0.000147. The van der Waals surface area contributed by atoms with Gasteiger partial charge in [0.1, 0.15) is 18.1 Å². The van der Waals surface area contributed by atoms with Gasteiger partial charge in [0.25, 0.3) is 0 Å². The monoisotopic (exact) mass is 421 g/mol. The van der Waals surface area contributed by atoms with Crippen LogP contribution in [0.15, 0.2) is 90.2 Å². The fourth-order valence-electron chi connectivity index (χ4n) is 2.80. The van der Waals surface area contributed by atoms with Crippen molar-refractivity contribution in [1.29, 1.82) is 0 Å². The largest absolute Gasteiger partial charge is 0.438 e. The maximum atomic E-state index is 13.6.